The van der Waals surface area contributed by atoms with Gasteiger partial charge in [-0.3, -0.25) is 4.99 Å². The lowest BCUT2D eigenvalue weighted by Gasteiger charge is -2.24. The molecule has 7 nitrogen and oxygen atoms in total. The summed E-state index contributed by atoms with van der Waals surface area (Å²) in [6.45, 7) is 1.18. The van der Waals surface area contributed by atoms with E-state index in [9.17, 15) is 0 Å². The SMILES string of the molecule is CN=C(NCc1cccc(OC)c1OC)N(C)Cc1ccc(OC)cc1OC.I. The molecule has 0 fully saturated rings. The lowest BCUT2D eigenvalue weighted by Crippen LogP contribution is -2.38. The zero-order valence-corrected chi connectivity index (χ0v) is 20.1. The van der Waals surface area contributed by atoms with Crippen molar-refractivity contribution in [3.05, 3.63) is 47.5 Å². The summed E-state index contributed by atoms with van der Waals surface area (Å²) in [6, 6.07) is 11.6. The highest BCUT2D eigenvalue weighted by atomic mass is 127. The van der Waals surface area contributed by atoms with Crippen LogP contribution in [0.1, 0.15) is 11.1 Å². The summed E-state index contributed by atoms with van der Waals surface area (Å²) in [5, 5.41) is 3.37. The lowest BCUT2D eigenvalue weighted by molar-refractivity contribution is 0.351. The van der Waals surface area contributed by atoms with E-state index in [0.29, 0.717) is 24.6 Å². The molecule has 0 radical (unpaired) electrons. The van der Waals surface area contributed by atoms with Gasteiger partial charge in [-0.15, -0.1) is 24.0 Å². The Kier molecular flexibility index (Phi) is 10.4. The quantitative estimate of drug-likeness (QED) is 0.330. The van der Waals surface area contributed by atoms with E-state index in [1.165, 1.54) is 0 Å². The largest absolute Gasteiger partial charge is 0.497 e. The summed E-state index contributed by atoms with van der Waals surface area (Å²) in [7, 11) is 10.3. The van der Waals surface area contributed by atoms with Gasteiger partial charge in [-0.2, -0.15) is 0 Å². The number of benzene rings is 2. The van der Waals surface area contributed by atoms with Crippen molar-refractivity contribution in [3.8, 4) is 23.0 Å². The van der Waals surface area contributed by atoms with Crippen LogP contribution < -0.4 is 24.3 Å². The molecule has 0 bridgehead atoms. The van der Waals surface area contributed by atoms with Gasteiger partial charge in [0, 0.05) is 44.4 Å². The maximum Gasteiger partial charge on any atom is 0.193 e. The van der Waals surface area contributed by atoms with Crippen molar-refractivity contribution >= 4 is 29.9 Å². The second-order valence-corrected chi connectivity index (χ2v) is 6.09. The highest BCUT2D eigenvalue weighted by molar-refractivity contribution is 14.0. The number of nitrogens with one attached hydrogen (secondary N) is 1. The third-order valence-electron chi connectivity index (χ3n) is 4.40. The first kappa shape index (κ1) is 24.7. The fourth-order valence-corrected chi connectivity index (χ4v) is 2.96. The van der Waals surface area contributed by atoms with Gasteiger partial charge in [0.05, 0.1) is 28.4 Å². The molecule has 2 aromatic rings. The van der Waals surface area contributed by atoms with E-state index in [1.54, 1.807) is 35.5 Å². The number of aliphatic imine (C=N–C) groups is 1. The van der Waals surface area contributed by atoms with Gasteiger partial charge in [-0.1, -0.05) is 12.1 Å². The second kappa shape index (κ2) is 12.3. The topological polar surface area (TPSA) is 64.6 Å². The van der Waals surface area contributed by atoms with Gasteiger partial charge in [0.15, 0.2) is 17.5 Å². The molecule has 0 atom stereocenters. The molecule has 2 aromatic carbocycles. The Morgan fingerprint density at radius 3 is 2.24 bits per heavy atom. The molecule has 0 amide bonds. The summed E-state index contributed by atoms with van der Waals surface area (Å²) < 4.78 is 21.6. The van der Waals surface area contributed by atoms with Gasteiger partial charge in [-0.25, -0.2) is 0 Å². The molecule has 0 aliphatic rings. The number of nitrogens with zero attached hydrogens (tertiary/aromatic N) is 2. The molecule has 0 spiro atoms. The van der Waals surface area contributed by atoms with E-state index in [4.69, 9.17) is 18.9 Å². The maximum absolute atomic E-state index is 5.49. The first-order chi connectivity index (χ1) is 13.6. The van der Waals surface area contributed by atoms with E-state index in [0.717, 1.165) is 28.6 Å². The highest BCUT2D eigenvalue weighted by Gasteiger charge is 2.13. The van der Waals surface area contributed by atoms with Crippen molar-refractivity contribution in [2.75, 3.05) is 42.5 Å². The molecule has 0 aliphatic heterocycles. The fourth-order valence-electron chi connectivity index (χ4n) is 2.96. The van der Waals surface area contributed by atoms with E-state index < -0.39 is 0 Å². The Labute approximate surface area is 190 Å². The Bertz CT molecular complexity index is 815. The van der Waals surface area contributed by atoms with Crippen LogP contribution in [0.25, 0.3) is 0 Å². The molecule has 1 N–H and O–H groups in total. The number of guanidine groups is 1. The molecule has 2 rings (SSSR count). The first-order valence-corrected chi connectivity index (χ1v) is 8.90. The molecule has 160 valence electrons. The van der Waals surface area contributed by atoms with Gasteiger partial charge >= 0.3 is 0 Å². The van der Waals surface area contributed by atoms with Crippen molar-refractivity contribution in [1.29, 1.82) is 0 Å². The van der Waals surface area contributed by atoms with Crippen molar-refractivity contribution in [3.63, 3.8) is 0 Å². The predicted octanol–water partition coefficient (Wildman–Crippen LogP) is 3.55. The van der Waals surface area contributed by atoms with Crippen LogP contribution in [0.4, 0.5) is 0 Å². The number of hydrogen-bond donors (Lipinski definition) is 1. The number of methoxy groups -OCH3 is 4. The van der Waals surface area contributed by atoms with Crippen LogP contribution in [0.3, 0.4) is 0 Å². The molecule has 8 heteroatoms. The minimum absolute atomic E-state index is 0. The zero-order chi connectivity index (χ0) is 20.5. The molecule has 0 heterocycles. The van der Waals surface area contributed by atoms with Crippen LogP contribution in [0.15, 0.2) is 41.4 Å². The van der Waals surface area contributed by atoms with Gasteiger partial charge in [0.25, 0.3) is 0 Å². The van der Waals surface area contributed by atoms with Gasteiger partial charge < -0.3 is 29.2 Å². The van der Waals surface area contributed by atoms with E-state index in [-0.39, 0.29) is 24.0 Å². The van der Waals surface area contributed by atoms with Crippen LogP contribution >= 0.6 is 24.0 Å². The standard InChI is InChI=1S/C21H29N3O4.HI/c1-22-21(23-13-15-8-7-9-18(26-4)20(15)28-6)24(2)14-16-10-11-17(25-3)12-19(16)27-5;/h7-12H,13-14H2,1-6H3,(H,22,23);1H. The van der Waals surface area contributed by atoms with Crippen LogP contribution in [0.2, 0.25) is 0 Å². The number of halogens is 1. The van der Waals surface area contributed by atoms with Crippen molar-refractivity contribution < 1.29 is 18.9 Å². The van der Waals surface area contributed by atoms with Gasteiger partial charge in [0.1, 0.15) is 11.5 Å². The number of para-hydroxylation sites is 1. The average Bonchev–Trinajstić information content (AvgIpc) is 2.73. The molecule has 0 aromatic heterocycles. The minimum atomic E-state index is 0. The lowest BCUT2D eigenvalue weighted by atomic mass is 10.1. The van der Waals surface area contributed by atoms with Crippen molar-refractivity contribution in [2.45, 2.75) is 13.1 Å². The summed E-state index contributed by atoms with van der Waals surface area (Å²) in [6.07, 6.45) is 0. The van der Waals surface area contributed by atoms with E-state index in [2.05, 4.69) is 10.3 Å². The summed E-state index contributed by atoms with van der Waals surface area (Å²) in [4.78, 5) is 6.41. The molecule has 29 heavy (non-hydrogen) atoms. The minimum Gasteiger partial charge on any atom is -0.497 e. The molecule has 0 saturated carbocycles. The molecular formula is C21H30IN3O4. The third kappa shape index (κ3) is 6.31. The Hall–Kier alpha value is -2.36. The Morgan fingerprint density at radius 2 is 1.66 bits per heavy atom. The van der Waals surface area contributed by atoms with E-state index in [1.807, 2.05) is 48.3 Å². The molecule has 0 saturated heterocycles. The molecule has 0 aliphatic carbocycles. The summed E-state index contributed by atoms with van der Waals surface area (Å²) in [5.74, 6) is 3.70. The van der Waals surface area contributed by atoms with Crippen LogP contribution in [0.5, 0.6) is 23.0 Å². The number of rotatable bonds is 8. The normalized spacial score (nSPS) is 10.6. The summed E-state index contributed by atoms with van der Waals surface area (Å²) in [5.41, 5.74) is 2.02. The first-order valence-electron chi connectivity index (χ1n) is 8.90. The van der Waals surface area contributed by atoms with Crippen LogP contribution in [-0.4, -0.2) is 53.4 Å². The third-order valence-corrected chi connectivity index (χ3v) is 4.40. The molecule has 0 unspecified atom stereocenters. The van der Waals surface area contributed by atoms with Gasteiger partial charge in [0.2, 0.25) is 0 Å². The van der Waals surface area contributed by atoms with Crippen LogP contribution in [0, 0.1) is 0 Å². The van der Waals surface area contributed by atoms with Crippen molar-refractivity contribution in [1.82, 2.24) is 10.2 Å². The Balaban J connectivity index is 0.00000420. The van der Waals surface area contributed by atoms with E-state index >= 15 is 0 Å². The maximum atomic E-state index is 5.49. The average molecular weight is 515 g/mol. The number of ether oxygens (including phenoxy) is 4. The van der Waals surface area contributed by atoms with Gasteiger partial charge in [-0.05, 0) is 18.2 Å². The van der Waals surface area contributed by atoms with Crippen molar-refractivity contribution in [2.24, 2.45) is 4.99 Å². The highest BCUT2D eigenvalue weighted by Crippen LogP contribution is 2.30. The Morgan fingerprint density at radius 1 is 0.931 bits per heavy atom. The smallest absolute Gasteiger partial charge is 0.193 e. The zero-order valence-electron chi connectivity index (χ0n) is 17.8. The second-order valence-electron chi connectivity index (χ2n) is 6.09. The fraction of sp³-hybridized carbons (Fsp3) is 0.381. The monoisotopic (exact) mass is 515 g/mol. The predicted molar refractivity (Wildman–Crippen MR) is 126 cm³/mol. The van der Waals surface area contributed by atoms with Crippen LogP contribution in [-0.2, 0) is 13.1 Å². The molecular weight excluding hydrogens is 485 g/mol. The number of hydrogen-bond acceptors (Lipinski definition) is 5. The summed E-state index contributed by atoms with van der Waals surface area (Å²) >= 11 is 0.